The number of carboxylic acid groups (broad SMARTS) is 1. The third-order valence-electron chi connectivity index (χ3n) is 7.13. The first-order valence-corrected chi connectivity index (χ1v) is 10.4. The van der Waals surface area contributed by atoms with Crippen molar-refractivity contribution in [3.8, 4) is 11.1 Å². The Morgan fingerprint density at radius 3 is 2.14 bits per heavy atom. The van der Waals surface area contributed by atoms with Crippen molar-refractivity contribution >= 4 is 12.1 Å². The van der Waals surface area contributed by atoms with Gasteiger partial charge in [0.2, 0.25) is 0 Å². The molecule has 0 aliphatic heterocycles. The molecule has 5 rings (SSSR count). The maximum Gasteiger partial charge on any atom is 0.407 e. The molecule has 2 saturated carbocycles. The van der Waals surface area contributed by atoms with Crippen molar-refractivity contribution < 1.29 is 19.4 Å². The van der Waals surface area contributed by atoms with E-state index in [0.717, 1.165) is 32.1 Å². The molecule has 1 amide bonds. The summed E-state index contributed by atoms with van der Waals surface area (Å²) in [7, 11) is 0. The van der Waals surface area contributed by atoms with Crippen LogP contribution in [0.2, 0.25) is 0 Å². The van der Waals surface area contributed by atoms with Crippen molar-refractivity contribution in [1.82, 2.24) is 5.32 Å². The summed E-state index contributed by atoms with van der Waals surface area (Å²) >= 11 is 0. The van der Waals surface area contributed by atoms with Gasteiger partial charge in [-0.3, -0.25) is 4.79 Å². The van der Waals surface area contributed by atoms with E-state index >= 15 is 0 Å². The van der Waals surface area contributed by atoms with Gasteiger partial charge in [0.05, 0.1) is 5.92 Å². The number of carbonyl (C=O) groups is 2. The summed E-state index contributed by atoms with van der Waals surface area (Å²) in [6.45, 7) is 0.317. The minimum absolute atomic E-state index is 0.00874. The number of fused-ring (bicyclic) bond motifs is 3. The normalized spacial score (nSPS) is 27.2. The van der Waals surface area contributed by atoms with Gasteiger partial charge >= 0.3 is 12.1 Å². The Morgan fingerprint density at radius 1 is 1.00 bits per heavy atom. The minimum atomic E-state index is -0.673. The van der Waals surface area contributed by atoms with E-state index in [1.165, 1.54) is 22.3 Å². The molecule has 5 heteroatoms. The van der Waals surface area contributed by atoms with Crippen molar-refractivity contribution in [3.05, 3.63) is 59.7 Å². The summed E-state index contributed by atoms with van der Waals surface area (Å²) in [6.07, 6.45) is 3.82. The standard InChI is InChI=1S/C24H25NO4/c26-22(27)21-13-24(21)11-9-15(10-12-24)25-23(28)29-14-20-18-7-3-1-5-16(18)17-6-2-4-8-19(17)20/h1-8,15,20-21H,9-14H2,(H,25,28)(H,26,27). The molecule has 3 aliphatic carbocycles. The Morgan fingerprint density at radius 2 is 1.59 bits per heavy atom. The summed E-state index contributed by atoms with van der Waals surface area (Å²) in [5.41, 5.74) is 4.83. The van der Waals surface area contributed by atoms with Crippen LogP contribution in [0.15, 0.2) is 48.5 Å². The Labute approximate surface area is 170 Å². The molecule has 0 saturated heterocycles. The highest BCUT2D eigenvalue weighted by Gasteiger charge is 2.58. The molecular weight excluding hydrogens is 366 g/mol. The van der Waals surface area contributed by atoms with Crippen LogP contribution in [0.4, 0.5) is 4.79 Å². The number of carboxylic acids is 1. The van der Waals surface area contributed by atoms with Crippen LogP contribution in [0.1, 0.15) is 49.1 Å². The van der Waals surface area contributed by atoms with Gasteiger partial charge in [-0.2, -0.15) is 0 Å². The second kappa shape index (κ2) is 6.90. The molecule has 1 atom stereocenters. The zero-order valence-corrected chi connectivity index (χ0v) is 16.3. The van der Waals surface area contributed by atoms with Crippen molar-refractivity contribution in [1.29, 1.82) is 0 Å². The van der Waals surface area contributed by atoms with Crippen LogP contribution in [0.3, 0.4) is 0 Å². The summed E-state index contributed by atoms with van der Waals surface area (Å²) in [5.74, 6) is -0.795. The highest BCUT2D eigenvalue weighted by Crippen LogP contribution is 2.61. The van der Waals surface area contributed by atoms with E-state index in [9.17, 15) is 14.7 Å². The monoisotopic (exact) mass is 391 g/mol. The van der Waals surface area contributed by atoms with Gasteiger partial charge in [-0.1, -0.05) is 48.5 Å². The predicted octanol–water partition coefficient (Wildman–Crippen LogP) is 4.56. The molecule has 5 nitrogen and oxygen atoms in total. The maximum atomic E-state index is 12.4. The van der Waals surface area contributed by atoms with Crippen LogP contribution >= 0.6 is 0 Å². The fraction of sp³-hybridized carbons (Fsp3) is 0.417. The van der Waals surface area contributed by atoms with Crippen molar-refractivity contribution in [2.45, 2.75) is 44.1 Å². The van der Waals surface area contributed by atoms with E-state index in [0.29, 0.717) is 6.61 Å². The number of hydrogen-bond donors (Lipinski definition) is 2. The first-order chi connectivity index (χ1) is 14.1. The lowest BCUT2D eigenvalue weighted by atomic mass is 9.82. The summed E-state index contributed by atoms with van der Waals surface area (Å²) < 4.78 is 5.63. The molecular formula is C24H25NO4. The topological polar surface area (TPSA) is 75.6 Å². The molecule has 3 aliphatic rings. The molecule has 0 heterocycles. The predicted molar refractivity (Wildman–Crippen MR) is 109 cm³/mol. The quantitative estimate of drug-likeness (QED) is 0.801. The lowest BCUT2D eigenvalue weighted by Gasteiger charge is -2.29. The second-order valence-electron chi connectivity index (χ2n) is 8.70. The van der Waals surface area contributed by atoms with E-state index < -0.39 is 5.97 Å². The van der Waals surface area contributed by atoms with Gasteiger partial charge in [0.1, 0.15) is 6.61 Å². The number of ether oxygens (including phenoxy) is 1. The fourth-order valence-electron chi connectivity index (χ4n) is 5.39. The van der Waals surface area contributed by atoms with Crippen LogP contribution in [0, 0.1) is 11.3 Å². The molecule has 1 unspecified atom stereocenters. The smallest absolute Gasteiger partial charge is 0.407 e. The van der Waals surface area contributed by atoms with Crippen LogP contribution in [-0.2, 0) is 9.53 Å². The summed E-state index contributed by atoms with van der Waals surface area (Å²) in [5, 5.41) is 12.2. The molecule has 0 bridgehead atoms. The SMILES string of the molecule is O=C(NC1CCC2(CC1)CC2C(=O)O)OCC1c2ccccc2-c2ccccc21. The number of hydrogen-bond acceptors (Lipinski definition) is 3. The van der Waals surface area contributed by atoms with Gasteiger partial charge in [0, 0.05) is 12.0 Å². The van der Waals surface area contributed by atoms with E-state index in [4.69, 9.17) is 4.74 Å². The lowest BCUT2D eigenvalue weighted by molar-refractivity contribution is -0.139. The molecule has 0 aromatic heterocycles. The highest BCUT2D eigenvalue weighted by molar-refractivity contribution is 5.79. The van der Waals surface area contributed by atoms with Crippen LogP contribution in [0.25, 0.3) is 11.1 Å². The van der Waals surface area contributed by atoms with Gasteiger partial charge in [-0.15, -0.1) is 0 Å². The minimum Gasteiger partial charge on any atom is -0.481 e. The maximum absolute atomic E-state index is 12.4. The van der Waals surface area contributed by atoms with E-state index in [-0.39, 0.29) is 29.4 Å². The molecule has 1 spiro atoms. The van der Waals surface area contributed by atoms with Gasteiger partial charge in [0.25, 0.3) is 0 Å². The number of carbonyl (C=O) groups excluding carboxylic acids is 1. The number of benzene rings is 2. The van der Waals surface area contributed by atoms with Crippen molar-refractivity contribution in [3.63, 3.8) is 0 Å². The fourth-order valence-corrected chi connectivity index (χ4v) is 5.39. The molecule has 2 aromatic rings. The number of aliphatic carboxylic acids is 1. The van der Waals surface area contributed by atoms with Crippen molar-refractivity contribution in [2.75, 3.05) is 6.61 Å². The van der Waals surface area contributed by atoms with Crippen LogP contribution < -0.4 is 5.32 Å². The van der Waals surface area contributed by atoms with Gasteiger partial charge in [-0.25, -0.2) is 4.79 Å². The number of amides is 1. The highest BCUT2D eigenvalue weighted by atomic mass is 16.5. The zero-order chi connectivity index (χ0) is 20.0. The third kappa shape index (κ3) is 3.18. The van der Waals surface area contributed by atoms with Gasteiger partial charge in [0.15, 0.2) is 0 Å². The number of alkyl carbamates (subject to hydrolysis) is 1. The lowest BCUT2D eigenvalue weighted by Crippen LogP contribution is -2.39. The van der Waals surface area contributed by atoms with Gasteiger partial charge in [-0.05, 0) is 59.8 Å². The zero-order valence-electron chi connectivity index (χ0n) is 16.3. The number of rotatable bonds is 4. The second-order valence-corrected chi connectivity index (χ2v) is 8.70. The Hall–Kier alpha value is -2.82. The van der Waals surface area contributed by atoms with E-state index in [2.05, 4.69) is 29.6 Å². The van der Waals surface area contributed by atoms with E-state index in [1.54, 1.807) is 0 Å². The Bertz CT molecular complexity index is 915. The molecule has 150 valence electrons. The first kappa shape index (κ1) is 18.2. The Balaban J connectivity index is 1.18. The van der Waals surface area contributed by atoms with Crippen molar-refractivity contribution in [2.24, 2.45) is 11.3 Å². The molecule has 2 fully saturated rings. The first-order valence-electron chi connectivity index (χ1n) is 10.4. The molecule has 2 N–H and O–H groups in total. The van der Waals surface area contributed by atoms with Crippen LogP contribution in [0.5, 0.6) is 0 Å². The Kier molecular flexibility index (Phi) is 4.34. The average molecular weight is 391 g/mol. The summed E-state index contributed by atoms with van der Waals surface area (Å²) in [4.78, 5) is 23.6. The van der Waals surface area contributed by atoms with Crippen LogP contribution in [-0.4, -0.2) is 29.8 Å². The largest absolute Gasteiger partial charge is 0.481 e. The molecule has 2 aromatic carbocycles. The van der Waals surface area contributed by atoms with E-state index in [1.807, 2.05) is 24.3 Å². The average Bonchev–Trinajstić information content (AvgIpc) is 3.35. The third-order valence-corrected chi connectivity index (χ3v) is 7.13. The summed E-state index contributed by atoms with van der Waals surface area (Å²) in [6, 6.07) is 16.7. The molecule has 29 heavy (non-hydrogen) atoms. The molecule has 0 radical (unpaired) electrons. The van der Waals surface area contributed by atoms with Gasteiger partial charge < -0.3 is 15.2 Å². The number of nitrogens with one attached hydrogen (secondary N) is 1.